The van der Waals surface area contributed by atoms with E-state index < -0.39 is 14.6 Å². The van der Waals surface area contributed by atoms with Gasteiger partial charge in [-0.15, -0.1) is 24.0 Å². The minimum Gasteiger partial charge on any atom is -0.475 e. The number of aromatic nitrogens is 1. The molecule has 148 valence electrons. The lowest BCUT2D eigenvalue weighted by Gasteiger charge is -2.39. The summed E-state index contributed by atoms with van der Waals surface area (Å²) in [6.45, 7) is 7.79. The van der Waals surface area contributed by atoms with Crippen molar-refractivity contribution in [2.75, 3.05) is 38.5 Å². The van der Waals surface area contributed by atoms with Crippen molar-refractivity contribution in [1.29, 1.82) is 0 Å². The lowest BCUT2D eigenvalue weighted by molar-refractivity contribution is 0.313. The third kappa shape index (κ3) is 5.85. The molecule has 26 heavy (non-hydrogen) atoms. The number of ether oxygens (including phenoxy) is 1. The summed E-state index contributed by atoms with van der Waals surface area (Å²) >= 11 is 5.99. The van der Waals surface area contributed by atoms with E-state index in [0.29, 0.717) is 49.6 Å². The lowest BCUT2D eigenvalue weighted by atomic mass is 10.2. The molecule has 1 aromatic heterocycles. The zero-order chi connectivity index (χ0) is 18.5. The van der Waals surface area contributed by atoms with Gasteiger partial charge in [0, 0.05) is 25.8 Å². The second-order valence-electron chi connectivity index (χ2n) is 6.37. The molecule has 0 spiro atoms. The zero-order valence-corrected chi connectivity index (χ0v) is 19.1. The average molecular weight is 517 g/mol. The van der Waals surface area contributed by atoms with Gasteiger partial charge in [-0.1, -0.05) is 11.6 Å². The smallest absolute Gasteiger partial charge is 0.232 e. The fourth-order valence-corrected chi connectivity index (χ4v) is 4.06. The van der Waals surface area contributed by atoms with Gasteiger partial charge in [0.1, 0.15) is 11.6 Å². The molecule has 2 rings (SSSR count). The molecule has 7 nitrogen and oxygen atoms in total. The number of hydrogen-bond acceptors (Lipinski definition) is 5. The Labute approximate surface area is 177 Å². The summed E-state index contributed by atoms with van der Waals surface area (Å²) in [4.78, 5) is 10.6. The summed E-state index contributed by atoms with van der Waals surface area (Å²) in [5.74, 6) is 1.21. The largest absolute Gasteiger partial charge is 0.475 e. The Hall–Kier alpha value is -0.810. The Kier molecular flexibility index (Phi) is 8.87. The van der Waals surface area contributed by atoms with Gasteiger partial charge < -0.3 is 15.0 Å². The van der Waals surface area contributed by atoms with Gasteiger partial charge in [-0.05, 0) is 32.9 Å². The number of nitrogens with one attached hydrogen (secondary N) is 1. The number of nitrogens with zero attached hydrogens (tertiary/aromatic N) is 3. The number of halogens is 2. The number of guanidine groups is 1. The van der Waals surface area contributed by atoms with Crippen LogP contribution in [0.2, 0.25) is 5.02 Å². The van der Waals surface area contributed by atoms with E-state index in [2.05, 4.69) is 15.3 Å². The molecule has 0 bridgehead atoms. The molecule has 1 N–H and O–H groups in total. The van der Waals surface area contributed by atoms with Crippen LogP contribution in [0.5, 0.6) is 5.88 Å². The van der Waals surface area contributed by atoms with Crippen LogP contribution >= 0.6 is 35.6 Å². The predicted octanol–water partition coefficient (Wildman–Crippen LogP) is 2.21. The van der Waals surface area contributed by atoms with Gasteiger partial charge in [0.2, 0.25) is 5.88 Å². The van der Waals surface area contributed by atoms with Gasteiger partial charge in [0.25, 0.3) is 0 Å². The highest BCUT2D eigenvalue weighted by Crippen LogP contribution is 2.23. The summed E-state index contributed by atoms with van der Waals surface area (Å²) in [5, 5.41) is 3.67. The standard InChI is InChI=1S/C16H25ClN4O3S.HI/c1-4-18-15(21-9-11-25(22,23)16(2,3)12-21)20-8-10-24-14-13(17)6-5-7-19-14;/h5-7H,4,8-12H2,1-3H3,(H,18,20);1H. The SMILES string of the molecule is CCNC(=NCCOc1ncccc1Cl)N1CCS(=O)(=O)C(C)(C)C1.I. The molecule has 0 saturated carbocycles. The molecule has 10 heteroatoms. The molecule has 0 aliphatic carbocycles. The van der Waals surface area contributed by atoms with E-state index in [-0.39, 0.29) is 29.7 Å². The van der Waals surface area contributed by atoms with E-state index in [0.717, 1.165) is 0 Å². The van der Waals surface area contributed by atoms with E-state index >= 15 is 0 Å². The van der Waals surface area contributed by atoms with Crippen molar-refractivity contribution in [3.8, 4) is 5.88 Å². The van der Waals surface area contributed by atoms with Gasteiger partial charge >= 0.3 is 0 Å². The normalized spacial score (nSPS) is 18.8. The Morgan fingerprint density at radius 3 is 2.85 bits per heavy atom. The van der Waals surface area contributed by atoms with Crippen LogP contribution in [0.4, 0.5) is 0 Å². The van der Waals surface area contributed by atoms with E-state index in [1.807, 2.05) is 11.8 Å². The Morgan fingerprint density at radius 2 is 2.23 bits per heavy atom. The van der Waals surface area contributed by atoms with Gasteiger partial charge in [-0.25, -0.2) is 18.4 Å². The molecule has 2 heterocycles. The maximum absolute atomic E-state index is 12.2. The highest BCUT2D eigenvalue weighted by molar-refractivity contribution is 14.0. The minimum absolute atomic E-state index is 0. The van der Waals surface area contributed by atoms with Gasteiger partial charge in [0.15, 0.2) is 15.8 Å². The molecule has 0 unspecified atom stereocenters. The zero-order valence-electron chi connectivity index (χ0n) is 15.2. The molecule has 0 amide bonds. The van der Waals surface area contributed by atoms with E-state index in [1.54, 1.807) is 32.2 Å². The predicted molar refractivity (Wildman–Crippen MR) is 116 cm³/mol. The van der Waals surface area contributed by atoms with Crippen molar-refractivity contribution in [2.24, 2.45) is 4.99 Å². The van der Waals surface area contributed by atoms with Crippen molar-refractivity contribution < 1.29 is 13.2 Å². The number of aliphatic imine (C=N–C) groups is 1. The van der Waals surface area contributed by atoms with Gasteiger partial charge in [0.05, 0.1) is 17.0 Å². The van der Waals surface area contributed by atoms with Crippen molar-refractivity contribution in [3.05, 3.63) is 23.4 Å². The van der Waals surface area contributed by atoms with E-state index in [1.165, 1.54) is 0 Å². The summed E-state index contributed by atoms with van der Waals surface area (Å²) < 4.78 is 29.0. The number of rotatable bonds is 5. The highest BCUT2D eigenvalue weighted by Gasteiger charge is 2.40. The van der Waals surface area contributed by atoms with Crippen molar-refractivity contribution in [3.63, 3.8) is 0 Å². The van der Waals surface area contributed by atoms with Crippen molar-refractivity contribution >= 4 is 51.4 Å². The fourth-order valence-electron chi connectivity index (χ4n) is 2.52. The van der Waals surface area contributed by atoms with Crippen LogP contribution < -0.4 is 10.1 Å². The van der Waals surface area contributed by atoms with Crippen LogP contribution in [-0.4, -0.2) is 67.5 Å². The van der Waals surface area contributed by atoms with Crippen LogP contribution in [0.3, 0.4) is 0 Å². The molecular weight excluding hydrogens is 491 g/mol. The Bertz CT molecular complexity index is 728. The maximum Gasteiger partial charge on any atom is 0.232 e. The minimum atomic E-state index is -3.08. The van der Waals surface area contributed by atoms with Crippen molar-refractivity contribution in [2.45, 2.75) is 25.5 Å². The van der Waals surface area contributed by atoms with E-state index in [9.17, 15) is 8.42 Å². The number of pyridine rings is 1. The number of sulfone groups is 1. The number of hydrogen-bond donors (Lipinski definition) is 1. The molecule has 0 aromatic carbocycles. The third-order valence-electron chi connectivity index (χ3n) is 3.99. The van der Waals surface area contributed by atoms with Crippen molar-refractivity contribution in [1.82, 2.24) is 15.2 Å². The summed E-state index contributed by atoms with van der Waals surface area (Å²) in [6, 6.07) is 3.45. The molecule has 1 aliphatic rings. The fraction of sp³-hybridized carbons (Fsp3) is 0.625. The first-order valence-corrected chi connectivity index (χ1v) is 10.3. The Balaban J connectivity index is 0.00000338. The van der Waals surface area contributed by atoms with Crippen LogP contribution in [0.15, 0.2) is 23.3 Å². The molecule has 1 aliphatic heterocycles. The molecule has 1 aromatic rings. The first-order valence-electron chi connectivity index (χ1n) is 8.26. The average Bonchev–Trinajstić information content (AvgIpc) is 2.54. The van der Waals surface area contributed by atoms with Gasteiger partial charge in [-0.2, -0.15) is 0 Å². The quantitative estimate of drug-likeness (QED) is 0.280. The monoisotopic (exact) mass is 516 g/mol. The second-order valence-corrected chi connectivity index (χ2v) is 9.52. The van der Waals surface area contributed by atoms with E-state index in [4.69, 9.17) is 16.3 Å². The molecule has 1 fully saturated rings. The lowest BCUT2D eigenvalue weighted by Crippen LogP contribution is -2.57. The first-order chi connectivity index (χ1) is 11.8. The highest BCUT2D eigenvalue weighted by atomic mass is 127. The Morgan fingerprint density at radius 1 is 1.50 bits per heavy atom. The molecule has 0 atom stereocenters. The second kappa shape index (κ2) is 9.93. The summed E-state index contributed by atoms with van der Waals surface area (Å²) in [6.07, 6.45) is 1.62. The third-order valence-corrected chi connectivity index (χ3v) is 6.81. The maximum atomic E-state index is 12.2. The van der Waals surface area contributed by atoms with Crippen LogP contribution in [-0.2, 0) is 9.84 Å². The first kappa shape index (κ1) is 23.2. The molecule has 0 radical (unpaired) electrons. The summed E-state index contributed by atoms with van der Waals surface area (Å²) in [5.41, 5.74) is 0. The van der Waals surface area contributed by atoms with Gasteiger partial charge in [-0.3, -0.25) is 0 Å². The van der Waals surface area contributed by atoms with Crippen LogP contribution in [0, 0.1) is 0 Å². The van der Waals surface area contributed by atoms with Crippen LogP contribution in [0.1, 0.15) is 20.8 Å². The molecule has 1 saturated heterocycles. The topological polar surface area (TPSA) is 83.9 Å². The molecular formula is C16H26ClIN4O3S. The summed E-state index contributed by atoms with van der Waals surface area (Å²) in [7, 11) is -3.08. The van der Waals surface area contributed by atoms with Crippen LogP contribution in [0.25, 0.3) is 0 Å².